The van der Waals surface area contributed by atoms with Crippen molar-refractivity contribution in [1.29, 1.82) is 0 Å². The van der Waals surface area contributed by atoms with Gasteiger partial charge in [-0.15, -0.1) is 0 Å². The number of carboxylic acid groups (broad SMARTS) is 1. The van der Waals surface area contributed by atoms with E-state index in [1.54, 1.807) is 19.9 Å². The minimum absolute atomic E-state index is 0.388. The van der Waals surface area contributed by atoms with Crippen LogP contribution in [-0.4, -0.2) is 11.1 Å². The van der Waals surface area contributed by atoms with Crippen molar-refractivity contribution < 1.29 is 9.90 Å². The third-order valence-corrected chi connectivity index (χ3v) is 1.42. The highest BCUT2D eigenvalue weighted by Gasteiger charge is 2.04. The van der Waals surface area contributed by atoms with Gasteiger partial charge in [0.05, 0.1) is 5.57 Å². The molecule has 0 bridgehead atoms. The van der Waals surface area contributed by atoms with Gasteiger partial charge in [-0.3, -0.25) is 0 Å². The summed E-state index contributed by atoms with van der Waals surface area (Å²) >= 11 is 0. The Hall–Kier alpha value is -1.05. The van der Waals surface area contributed by atoms with E-state index < -0.39 is 5.97 Å². The van der Waals surface area contributed by atoms with E-state index in [0.717, 1.165) is 5.57 Å². The first-order chi connectivity index (χ1) is 5.45. The number of aliphatic carboxylic acids is 1. The van der Waals surface area contributed by atoms with Crippen LogP contribution in [-0.2, 0) is 4.79 Å². The monoisotopic (exact) mass is 168 g/mol. The molecule has 0 rings (SSSR count). The van der Waals surface area contributed by atoms with Crippen LogP contribution in [0.25, 0.3) is 0 Å². The van der Waals surface area contributed by atoms with Crippen LogP contribution in [0.5, 0.6) is 0 Å². The highest BCUT2D eigenvalue weighted by atomic mass is 16.4. The van der Waals surface area contributed by atoms with Crippen LogP contribution in [0, 0.1) is 5.92 Å². The summed E-state index contributed by atoms with van der Waals surface area (Å²) in [6, 6.07) is 0. The molecule has 0 aliphatic carbocycles. The zero-order chi connectivity index (χ0) is 9.72. The molecule has 0 aliphatic heterocycles. The van der Waals surface area contributed by atoms with Gasteiger partial charge >= 0.3 is 5.97 Å². The van der Waals surface area contributed by atoms with E-state index in [4.69, 9.17) is 5.11 Å². The van der Waals surface area contributed by atoms with E-state index in [9.17, 15) is 4.79 Å². The summed E-state index contributed by atoms with van der Waals surface area (Å²) in [5.41, 5.74) is 1.23. The molecule has 2 nitrogen and oxygen atoms in total. The molecule has 0 unspecified atom stereocenters. The van der Waals surface area contributed by atoms with Gasteiger partial charge in [-0.2, -0.15) is 0 Å². The number of hydrogen-bond acceptors (Lipinski definition) is 1. The Labute approximate surface area is 73.6 Å². The molecule has 0 saturated heterocycles. The highest BCUT2D eigenvalue weighted by molar-refractivity contribution is 5.90. The van der Waals surface area contributed by atoms with Crippen molar-refractivity contribution in [3.05, 3.63) is 23.3 Å². The van der Waals surface area contributed by atoms with Crippen LogP contribution < -0.4 is 0 Å². The van der Waals surface area contributed by atoms with Gasteiger partial charge < -0.3 is 5.11 Å². The summed E-state index contributed by atoms with van der Waals surface area (Å²) in [7, 11) is 0. The Bertz CT molecular complexity index is 218. The predicted octanol–water partition coefficient (Wildman–Crippen LogP) is 2.62. The lowest BCUT2D eigenvalue weighted by Gasteiger charge is -1.98. The fraction of sp³-hybridized carbons (Fsp3) is 0.500. The number of carboxylic acids is 1. The van der Waals surface area contributed by atoms with Crippen molar-refractivity contribution in [1.82, 2.24) is 0 Å². The molecular formula is C10H16O2. The molecular weight excluding hydrogens is 152 g/mol. The van der Waals surface area contributed by atoms with Crippen LogP contribution in [0.1, 0.15) is 27.7 Å². The fourth-order valence-electron chi connectivity index (χ4n) is 0.740. The van der Waals surface area contributed by atoms with E-state index in [2.05, 4.69) is 0 Å². The highest BCUT2D eigenvalue weighted by Crippen LogP contribution is 2.07. The van der Waals surface area contributed by atoms with Crippen LogP contribution in [0.3, 0.4) is 0 Å². The zero-order valence-electron chi connectivity index (χ0n) is 8.09. The molecule has 0 aliphatic rings. The lowest BCUT2D eigenvalue weighted by molar-refractivity contribution is -0.132. The third kappa shape index (κ3) is 3.96. The molecule has 68 valence electrons. The van der Waals surface area contributed by atoms with Crippen LogP contribution >= 0.6 is 0 Å². The molecule has 0 spiro atoms. The molecule has 12 heavy (non-hydrogen) atoms. The Morgan fingerprint density at radius 3 is 2.08 bits per heavy atom. The molecule has 0 aromatic heterocycles. The summed E-state index contributed by atoms with van der Waals surface area (Å²) < 4.78 is 0. The first-order valence-corrected chi connectivity index (χ1v) is 4.04. The first-order valence-electron chi connectivity index (χ1n) is 4.04. The van der Waals surface area contributed by atoms with Gasteiger partial charge in [0.1, 0.15) is 0 Å². The smallest absolute Gasteiger partial charge is 0.335 e. The van der Waals surface area contributed by atoms with Crippen molar-refractivity contribution in [3.8, 4) is 0 Å². The Morgan fingerprint density at radius 2 is 1.83 bits per heavy atom. The maximum absolute atomic E-state index is 10.6. The average molecular weight is 168 g/mol. The number of rotatable bonds is 3. The second kappa shape index (κ2) is 4.75. The Kier molecular flexibility index (Phi) is 4.34. The molecule has 0 aromatic carbocycles. The van der Waals surface area contributed by atoms with Crippen molar-refractivity contribution in [2.45, 2.75) is 27.7 Å². The number of carbonyl (C=O) groups is 1. The van der Waals surface area contributed by atoms with E-state index in [1.807, 2.05) is 19.9 Å². The lowest BCUT2D eigenvalue weighted by Crippen LogP contribution is -1.99. The van der Waals surface area contributed by atoms with Crippen LogP contribution in [0.4, 0.5) is 0 Å². The molecule has 0 atom stereocenters. The summed E-state index contributed by atoms with van der Waals surface area (Å²) in [6.07, 6.45) is 3.55. The molecule has 0 amide bonds. The van der Waals surface area contributed by atoms with Gasteiger partial charge in [-0.05, 0) is 19.8 Å². The average Bonchev–Trinajstić information content (AvgIpc) is 1.84. The van der Waals surface area contributed by atoms with Crippen molar-refractivity contribution in [2.75, 3.05) is 0 Å². The zero-order valence-corrected chi connectivity index (χ0v) is 8.09. The van der Waals surface area contributed by atoms with Crippen LogP contribution in [0.2, 0.25) is 0 Å². The molecule has 0 fully saturated rings. The largest absolute Gasteiger partial charge is 0.478 e. The number of allylic oxidation sites excluding steroid dienone is 2. The summed E-state index contributed by atoms with van der Waals surface area (Å²) in [6.45, 7) is 7.63. The van der Waals surface area contributed by atoms with Gasteiger partial charge in [0.15, 0.2) is 0 Å². The molecule has 0 radical (unpaired) electrons. The SMILES string of the molecule is CC(C)=C(/C=C/C(C)C)C(=O)O. The topological polar surface area (TPSA) is 37.3 Å². The molecule has 0 saturated carbocycles. The van der Waals surface area contributed by atoms with E-state index >= 15 is 0 Å². The normalized spacial score (nSPS) is 10.8. The van der Waals surface area contributed by atoms with E-state index in [0.29, 0.717) is 11.5 Å². The van der Waals surface area contributed by atoms with Gasteiger partial charge in [-0.25, -0.2) is 4.79 Å². The van der Waals surface area contributed by atoms with Gasteiger partial charge in [0.25, 0.3) is 0 Å². The van der Waals surface area contributed by atoms with Gasteiger partial charge in [-0.1, -0.05) is 31.6 Å². The van der Waals surface area contributed by atoms with Gasteiger partial charge in [0.2, 0.25) is 0 Å². The molecule has 0 aromatic rings. The predicted molar refractivity (Wildman–Crippen MR) is 50.0 cm³/mol. The van der Waals surface area contributed by atoms with Crippen LogP contribution in [0.15, 0.2) is 23.3 Å². The molecule has 2 heteroatoms. The van der Waals surface area contributed by atoms with E-state index in [-0.39, 0.29) is 0 Å². The Balaban J connectivity index is 4.59. The standard InChI is InChI=1S/C10H16O2/c1-7(2)5-6-9(8(3)4)10(11)12/h5-7H,1-4H3,(H,11,12)/b6-5+. The second-order valence-electron chi connectivity index (χ2n) is 3.32. The van der Waals surface area contributed by atoms with E-state index in [1.165, 1.54) is 0 Å². The quantitative estimate of drug-likeness (QED) is 0.519. The maximum atomic E-state index is 10.6. The Morgan fingerprint density at radius 1 is 1.33 bits per heavy atom. The maximum Gasteiger partial charge on any atom is 0.335 e. The molecule has 1 N–H and O–H groups in total. The summed E-state index contributed by atoms with van der Waals surface area (Å²) in [5, 5.41) is 8.75. The second-order valence-corrected chi connectivity index (χ2v) is 3.32. The minimum atomic E-state index is -0.855. The fourth-order valence-corrected chi connectivity index (χ4v) is 0.740. The molecule has 0 heterocycles. The van der Waals surface area contributed by atoms with Crippen molar-refractivity contribution in [2.24, 2.45) is 5.92 Å². The number of hydrogen-bond donors (Lipinski definition) is 1. The summed E-state index contributed by atoms with van der Waals surface area (Å²) in [5.74, 6) is -0.467. The first kappa shape index (κ1) is 11.0. The van der Waals surface area contributed by atoms with Gasteiger partial charge in [0, 0.05) is 0 Å². The van der Waals surface area contributed by atoms with Crippen molar-refractivity contribution in [3.63, 3.8) is 0 Å². The minimum Gasteiger partial charge on any atom is -0.478 e. The van der Waals surface area contributed by atoms with Crippen molar-refractivity contribution >= 4 is 5.97 Å². The summed E-state index contributed by atoms with van der Waals surface area (Å²) in [4.78, 5) is 10.6. The lowest BCUT2D eigenvalue weighted by atomic mass is 10.1. The third-order valence-electron chi connectivity index (χ3n) is 1.42.